The molecule has 14 heavy (non-hydrogen) atoms. The van der Waals surface area contributed by atoms with Gasteiger partial charge in [-0.3, -0.25) is 0 Å². The van der Waals surface area contributed by atoms with E-state index in [1.165, 1.54) is 6.92 Å². The summed E-state index contributed by atoms with van der Waals surface area (Å²) in [6.07, 6.45) is 0. The van der Waals surface area contributed by atoms with Crippen molar-refractivity contribution in [3.8, 4) is 0 Å². The maximum atomic E-state index is 11.0. The fourth-order valence-electron chi connectivity index (χ4n) is 0.744. The molecule has 0 fully saturated rings. The third-order valence-electron chi connectivity index (χ3n) is 1.18. The molecule has 1 heterocycles. The average Bonchev–Trinajstić information content (AvgIpc) is 2.27. The summed E-state index contributed by atoms with van der Waals surface area (Å²) in [4.78, 5) is 0. The van der Waals surface area contributed by atoms with E-state index in [9.17, 15) is 8.42 Å². The average molecular weight is 432 g/mol. The molecule has 1 rings (SSSR count). The van der Waals surface area contributed by atoms with Crippen LogP contribution >= 0.6 is 57.3 Å². The molecule has 1 aromatic rings. The first-order chi connectivity index (χ1) is 6.14. The summed E-state index contributed by atoms with van der Waals surface area (Å²) in [5.74, 6) is 0. The number of rotatable bonds is 1. The van der Waals surface area contributed by atoms with Crippen LogP contribution in [-0.4, -0.2) is 23.2 Å². The van der Waals surface area contributed by atoms with Crippen molar-refractivity contribution in [2.24, 2.45) is 0 Å². The molecule has 0 saturated carbocycles. The minimum Gasteiger partial charge on any atom is -0.242 e. The second kappa shape index (κ2) is 4.06. The Bertz CT molecular complexity index is 449. The topological polar surface area (TPSA) is 80.2 Å². The first kappa shape index (κ1) is 13.0. The van der Waals surface area contributed by atoms with Crippen LogP contribution < -0.4 is 0 Å². The molecule has 0 aliphatic carbocycles. The van der Waals surface area contributed by atoms with E-state index in [1.54, 1.807) is 0 Å². The van der Waals surface area contributed by atoms with Crippen molar-refractivity contribution in [1.82, 2.24) is 10.2 Å². The summed E-state index contributed by atoms with van der Waals surface area (Å²) in [5.41, 5.74) is 0. The molecule has 0 radical (unpaired) electrons. The summed E-state index contributed by atoms with van der Waals surface area (Å²) in [7, 11) is -5.72. The minimum atomic E-state index is -4.21. The second-order valence-corrected chi connectivity index (χ2v) is 13.6. The van der Waals surface area contributed by atoms with Gasteiger partial charge in [-0.1, -0.05) is 10.2 Å². The maximum Gasteiger partial charge on any atom is 0.475 e. The highest BCUT2D eigenvalue weighted by Gasteiger charge is 2.44. The molecule has 5 nitrogen and oxygen atoms in total. The van der Waals surface area contributed by atoms with E-state index in [0.29, 0.717) is 0 Å². The van der Waals surface area contributed by atoms with E-state index in [2.05, 4.69) is 58.0 Å². The van der Waals surface area contributed by atoms with Crippen LogP contribution in [-0.2, 0) is 11.3 Å². The molecule has 1 atom stereocenters. The summed E-state index contributed by atoms with van der Waals surface area (Å²) < 4.78 is 30.1. The molecule has 0 aromatic carbocycles. The lowest BCUT2D eigenvalue weighted by atomic mass is 10.8. The van der Waals surface area contributed by atoms with Gasteiger partial charge in [-0.2, -0.15) is 0 Å². The van der Waals surface area contributed by atoms with Crippen LogP contribution in [0.15, 0.2) is 0 Å². The Kier molecular flexibility index (Phi) is 3.76. The summed E-state index contributed by atoms with van der Waals surface area (Å²) in [6.45, 7) is 1.49. The van der Waals surface area contributed by atoms with E-state index in [1.807, 2.05) is 0 Å². The number of aromatic nitrogens is 2. The third kappa shape index (κ3) is 2.73. The van der Waals surface area contributed by atoms with Crippen LogP contribution in [0.3, 0.4) is 0 Å². The molecule has 80 valence electrons. The lowest BCUT2D eigenvalue weighted by Gasteiger charge is -2.02. The van der Waals surface area contributed by atoms with Gasteiger partial charge in [0, 0.05) is 6.92 Å². The highest BCUT2D eigenvalue weighted by Crippen LogP contribution is 2.50. The van der Waals surface area contributed by atoms with Crippen LogP contribution in [0, 0.1) is 6.92 Å². The zero-order valence-corrected chi connectivity index (χ0v) is 13.0. The zero-order valence-electron chi connectivity index (χ0n) is 6.61. The van der Waals surface area contributed by atoms with Gasteiger partial charge in [0.25, 0.3) is 5.01 Å². The monoisotopic (exact) mass is 429 g/mol. The number of alkyl halides is 3. The van der Waals surface area contributed by atoms with E-state index in [0.717, 1.165) is 0 Å². The predicted octanol–water partition coefficient (Wildman–Crippen LogP) is 2.48. The van der Waals surface area contributed by atoms with Gasteiger partial charge in [0.15, 0.2) is 9.50 Å². The Balaban J connectivity index is 3.51. The SMILES string of the molecule is Cc1nnc(C(Br)(Br)Br)[s+]1S(=O)(=O)O. The molecule has 0 saturated heterocycles. The van der Waals surface area contributed by atoms with Gasteiger partial charge in [0.1, 0.15) is 0 Å². The summed E-state index contributed by atoms with van der Waals surface area (Å²) in [6, 6.07) is 0. The number of hydrogen-bond acceptors (Lipinski definition) is 4. The van der Waals surface area contributed by atoms with Crippen molar-refractivity contribution in [2.45, 2.75) is 9.07 Å². The van der Waals surface area contributed by atoms with Gasteiger partial charge in [-0.05, 0) is 47.8 Å². The Hall–Kier alpha value is 0.910. The first-order valence-corrected chi connectivity index (χ1v) is 8.62. The van der Waals surface area contributed by atoms with Crippen molar-refractivity contribution >= 4 is 66.4 Å². The van der Waals surface area contributed by atoms with E-state index in [4.69, 9.17) is 4.55 Å². The standard InChI is InChI=1S/C4H3Br3N2O3S2/c1-2-8-9-3(4(5,6)7)13(2)14(10,11)12/h1H3/p+1. The van der Waals surface area contributed by atoms with E-state index in [-0.39, 0.29) is 10.0 Å². The van der Waals surface area contributed by atoms with Crippen molar-refractivity contribution in [1.29, 1.82) is 0 Å². The van der Waals surface area contributed by atoms with Gasteiger partial charge in [0.2, 0.25) is 2.14 Å². The molecule has 1 unspecified atom stereocenters. The number of nitrogens with zero attached hydrogens (tertiary/aromatic N) is 2. The largest absolute Gasteiger partial charge is 0.475 e. The zero-order chi connectivity index (χ0) is 11.1. The Labute approximate surface area is 108 Å². The van der Waals surface area contributed by atoms with Gasteiger partial charge in [0.05, 0.1) is 0 Å². The molecular weight excluding hydrogens is 428 g/mol. The van der Waals surface area contributed by atoms with Crippen LogP contribution in [0.2, 0.25) is 0 Å². The maximum absolute atomic E-state index is 11.0. The van der Waals surface area contributed by atoms with Gasteiger partial charge in [-0.15, -0.1) is 8.42 Å². The second-order valence-electron chi connectivity index (χ2n) is 2.22. The predicted molar refractivity (Wildman–Crippen MR) is 64.7 cm³/mol. The molecule has 1 aromatic heterocycles. The fraction of sp³-hybridized carbons (Fsp3) is 0.500. The molecule has 10 heteroatoms. The number of hydrogen-bond donors (Lipinski definition) is 1. The Morgan fingerprint density at radius 1 is 1.36 bits per heavy atom. The first-order valence-electron chi connectivity index (χ1n) is 3.05. The summed E-state index contributed by atoms with van der Waals surface area (Å²) in [5, 5.41) is 7.71. The number of halogens is 3. The lowest BCUT2D eigenvalue weighted by molar-refractivity contribution is 0.502. The summed E-state index contributed by atoms with van der Waals surface area (Å²) >= 11 is 9.38. The highest BCUT2D eigenvalue weighted by atomic mass is 80.0. The van der Waals surface area contributed by atoms with E-state index < -0.39 is 20.8 Å². The van der Waals surface area contributed by atoms with Crippen LogP contribution in [0.5, 0.6) is 0 Å². The fourth-order valence-corrected chi connectivity index (χ4v) is 6.72. The molecular formula is C4H4Br3N2O3S2+. The molecule has 0 aliphatic rings. The smallest absolute Gasteiger partial charge is 0.242 e. The molecule has 0 spiro atoms. The quantitative estimate of drug-likeness (QED) is 0.320. The molecule has 0 aliphatic heterocycles. The van der Waals surface area contributed by atoms with Crippen LogP contribution in [0.1, 0.15) is 10.0 Å². The normalized spacial score (nSPS) is 14.5. The Morgan fingerprint density at radius 2 is 1.86 bits per heavy atom. The molecule has 0 bridgehead atoms. The minimum absolute atomic E-state index is 0.164. The van der Waals surface area contributed by atoms with Crippen molar-refractivity contribution < 1.29 is 13.0 Å². The van der Waals surface area contributed by atoms with Gasteiger partial charge >= 0.3 is 14.2 Å². The van der Waals surface area contributed by atoms with Crippen LogP contribution in [0.4, 0.5) is 0 Å². The Morgan fingerprint density at radius 3 is 2.14 bits per heavy atom. The lowest BCUT2D eigenvalue weighted by Crippen LogP contribution is -2.02. The number of aryl methyl sites for hydroxylation is 1. The third-order valence-corrected chi connectivity index (χ3v) is 7.33. The van der Waals surface area contributed by atoms with Crippen molar-refractivity contribution in [3.63, 3.8) is 0 Å². The molecule has 1 N–H and O–H groups in total. The molecule has 0 amide bonds. The van der Waals surface area contributed by atoms with E-state index >= 15 is 0 Å². The highest BCUT2D eigenvalue weighted by molar-refractivity contribution is 9.38. The van der Waals surface area contributed by atoms with Gasteiger partial charge in [-0.25, -0.2) is 4.55 Å². The van der Waals surface area contributed by atoms with Gasteiger partial charge < -0.3 is 0 Å². The van der Waals surface area contributed by atoms with Crippen molar-refractivity contribution in [3.05, 3.63) is 10.0 Å². The van der Waals surface area contributed by atoms with Crippen LogP contribution in [0.25, 0.3) is 0 Å². The van der Waals surface area contributed by atoms with Crippen molar-refractivity contribution in [2.75, 3.05) is 0 Å².